The number of fused-ring (bicyclic) bond motifs is 4. The maximum absolute atomic E-state index is 16.9. The van der Waals surface area contributed by atoms with Crippen molar-refractivity contribution >= 4 is 27.5 Å². The largest absolute Gasteiger partial charge is 0.508 e. The first-order chi connectivity index (χ1) is 21.7. The first-order valence-corrected chi connectivity index (χ1v) is 15.3. The summed E-state index contributed by atoms with van der Waals surface area (Å²) in [6, 6.07) is 4.25. The predicted molar refractivity (Wildman–Crippen MR) is 161 cm³/mol. The number of pyridine rings is 1. The molecule has 3 fully saturated rings. The molecule has 2 N–H and O–H groups in total. The molecule has 12 heteroatoms. The third-order valence-corrected chi connectivity index (χ3v) is 9.94. The SMILES string of the molecule is C#Cc1c(F)ccc2cc(O)cc(-c3nc4c5c(nc(OCC67CCCN6CCC7)nc5c3F)N3CCNCC3CC4(F)F)c12. The fourth-order valence-electron chi connectivity index (χ4n) is 7.88. The maximum atomic E-state index is 16.9. The van der Waals surface area contributed by atoms with Gasteiger partial charge in [0.2, 0.25) is 0 Å². The van der Waals surface area contributed by atoms with E-state index in [-0.39, 0.29) is 57.1 Å². The smallest absolute Gasteiger partial charge is 0.319 e. The maximum Gasteiger partial charge on any atom is 0.319 e. The van der Waals surface area contributed by atoms with Crippen molar-refractivity contribution in [2.24, 2.45) is 0 Å². The number of hydrogen-bond donors (Lipinski definition) is 2. The Labute approximate surface area is 256 Å². The van der Waals surface area contributed by atoms with E-state index in [4.69, 9.17) is 11.2 Å². The van der Waals surface area contributed by atoms with Crippen LogP contribution in [0.5, 0.6) is 11.8 Å². The van der Waals surface area contributed by atoms with Crippen molar-refractivity contribution in [3.63, 3.8) is 0 Å². The van der Waals surface area contributed by atoms with Gasteiger partial charge in [0, 0.05) is 43.0 Å². The van der Waals surface area contributed by atoms with Gasteiger partial charge in [-0.2, -0.15) is 18.7 Å². The molecule has 2 aromatic heterocycles. The summed E-state index contributed by atoms with van der Waals surface area (Å²) in [5, 5.41) is 13.9. The van der Waals surface area contributed by atoms with Crippen LogP contribution in [0.4, 0.5) is 23.4 Å². The minimum atomic E-state index is -3.50. The summed E-state index contributed by atoms with van der Waals surface area (Å²) < 4.78 is 70.5. The molecule has 2 aromatic carbocycles. The van der Waals surface area contributed by atoms with E-state index in [9.17, 15) is 9.50 Å². The van der Waals surface area contributed by atoms with Crippen molar-refractivity contribution in [1.29, 1.82) is 0 Å². The molecule has 4 aromatic rings. The van der Waals surface area contributed by atoms with Crippen molar-refractivity contribution in [2.75, 3.05) is 44.2 Å². The molecule has 4 aliphatic heterocycles. The molecule has 0 amide bonds. The summed E-state index contributed by atoms with van der Waals surface area (Å²) in [7, 11) is 0. The average Bonchev–Trinajstić information content (AvgIpc) is 3.58. The van der Waals surface area contributed by atoms with E-state index in [1.807, 2.05) is 0 Å². The van der Waals surface area contributed by atoms with E-state index in [0.717, 1.165) is 50.9 Å². The van der Waals surface area contributed by atoms with Crippen LogP contribution in [-0.4, -0.2) is 75.9 Å². The zero-order valence-corrected chi connectivity index (χ0v) is 24.3. The average molecular weight is 619 g/mol. The molecule has 4 aliphatic rings. The monoisotopic (exact) mass is 618 g/mol. The molecule has 8 rings (SSSR count). The van der Waals surface area contributed by atoms with E-state index in [0.29, 0.717) is 25.1 Å². The van der Waals surface area contributed by atoms with Gasteiger partial charge in [0.25, 0.3) is 5.92 Å². The van der Waals surface area contributed by atoms with Gasteiger partial charge in [-0.05, 0) is 62.4 Å². The highest BCUT2D eigenvalue weighted by Crippen LogP contribution is 2.48. The van der Waals surface area contributed by atoms with Gasteiger partial charge >= 0.3 is 6.01 Å². The van der Waals surface area contributed by atoms with E-state index >= 15 is 13.2 Å². The van der Waals surface area contributed by atoms with Gasteiger partial charge in [0.15, 0.2) is 5.82 Å². The van der Waals surface area contributed by atoms with Gasteiger partial charge in [0.05, 0.1) is 16.5 Å². The van der Waals surface area contributed by atoms with Gasteiger partial charge in [-0.15, -0.1) is 6.42 Å². The topological polar surface area (TPSA) is 86.6 Å². The molecule has 0 bridgehead atoms. The molecular formula is C33H30F4N6O2. The Morgan fingerprint density at radius 1 is 1.07 bits per heavy atom. The lowest BCUT2D eigenvalue weighted by molar-refractivity contribution is -0.0224. The molecule has 0 saturated carbocycles. The van der Waals surface area contributed by atoms with Crippen LogP contribution in [0.1, 0.15) is 43.4 Å². The molecule has 0 aliphatic carbocycles. The summed E-state index contributed by atoms with van der Waals surface area (Å²) >= 11 is 0. The van der Waals surface area contributed by atoms with Crippen molar-refractivity contribution in [3.05, 3.63) is 47.2 Å². The van der Waals surface area contributed by atoms with E-state index in [1.54, 1.807) is 4.90 Å². The number of rotatable bonds is 4. The number of nitrogens with zero attached hydrogens (tertiary/aromatic N) is 5. The molecular weight excluding hydrogens is 588 g/mol. The highest BCUT2D eigenvalue weighted by atomic mass is 19.3. The van der Waals surface area contributed by atoms with E-state index < -0.39 is 41.4 Å². The Morgan fingerprint density at radius 2 is 1.87 bits per heavy atom. The third-order valence-electron chi connectivity index (χ3n) is 9.94. The number of phenolic OH excluding ortho intramolecular Hbond substituents is 1. The number of hydrogen-bond acceptors (Lipinski definition) is 8. The highest BCUT2D eigenvalue weighted by Gasteiger charge is 2.48. The lowest BCUT2D eigenvalue weighted by Gasteiger charge is -2.37. The number of halogens is 4. The van der Waals surface area contributed by atoms with Crippen LogP contribution >= 0.6 is 0 Å². The van der Waals surface area contributed by atoms with Crippen molar-refractivity contribution in [2.45, 2.75) is 49.6 Å². The normalized spacial score (nSPS) is 21.8. The summed E-state index contributed by atoms with van der Waals surface area (Å²) in [4.78, 5) is 17.5. The zero-order chi connectivity index (χ0) is 31.1. The number of nitrogens with one attached hydrogen (secondary N) is 1. The first-order valence-electron chi connectivity index (χ1n) is 15.3. The van der Waals surface area contributed by atoms with Gasteiger partial charge < -0.3 is 20.1 Å². The van der Waals surface area contributed by atoms with E-state index in [1.165, 1.54) is 12.1 Å². The highest BCUT2D eigenvalue weighted by molar-refractivity contribution is 6.03. The molecule has 45 heavy (non-hydrogen) atoms. The van der Waals surface area contributed by atoms with Crippen molar-refractivity contribution in [1.82, 2.24) is 25.2 Å². The zero-order valence-electron chi connectivity index (χ0n) is 24.3. The Bertz CT molecular complexity index is 1920. The summed E-state index contributed by atoms with van der Waals surface area (Å²) in [5.74, 6) is -3.13. The van der Waals surface area contributed by atoms with Gasteiger partial charge in [-0.1, -0.05) is 12.0 Å². The molecule has 6 heterocycles. The molecule has 0 spiro atoms. The Balaban J connectivity index is 1.39. The third kappa shape index (κ3) is 4.31. The van der Waals surface area contributed by atoms with Crippen LogP contribution in [0.15, 0.2) is 24.3 Å². The minimum absolute atomic E-state index is 0.0687. The summed E-state index contributed by atoms with van der Waals surface area (Å²) in [5.41, 5.74) is -2.06. The second-order valence-corrected chi connectivity index (χ2v) is 12.5. The molecule has 1 atom stereocenters. The first kappa shape index (κ1) is 28.3. The van der Waals surface area contributed by atoms with Gasteiger partial charge in [0.1, 0.15) is 40.9 Å². The fourth-order valence-corrected chi connectivity index (χ4v) is 7.88. The fraction of sp³-hybridized carbons (Fsp3) is 0.424. The van der Waals surface area contributed by atoms with Crippen LogP contribution in [0.25, 0.3) is 32.9 Å². The number of aromatic hydroxyl groups is 1. The molecule has 1 unspecified atom stereocenters. The standard InChI is InChI=1S/C33H30F4N6O2/c1-2-21-23(34)6-5-18-13-20(44)14-22(24(18)21)27-26(35)28-25-29(39-27)33(36,37)15-19-16-38-9-12-43(19)30(25)41-31(40-28)45-17-32-7-3-10-42(32)11-4-8-32/h1,5-6,13-14,19,38,44H,3-4,7-12,15-17H2. The number of terminal acetylenes is 1. The number of anilines is 1. The number of benzene rings is 2. The molecule has 0 radical (unpaired) electrons. The minimum Gasteiger partial charge on any atom is -0.508 e. The van der Waals surface area contributed by atoms with E-state index in [2.05, 4.69) is 31.1 Å². The summed E-state index contributed by atoms with van der Waals surface area (Å²) in [6.07, 6.45) is 9.08. The summed E-state index contributed by atoms with van der Waals surface area (Å²) in [6.45, 7) is 3.44. The van der Waals surface area contributed by atoms with Crippen LogP contribution in [-0.2, 0) is 5.92 Å². The number of ether oxygens (including phenoxy) is 1. The molecule has 8 nitrogen and oxygen atoms in total. The van der Waals surface area contributed by atoms with Crippen LogP contribution in [0, 0.1) is 24.0 Å². The Hall–Kier alpha value is -4.21. The number of phenols is 1. The molecule has 232 valence electrons. The Morgan fingerprint density at radius 3 is 2.64 bits per heavy atom. The second kappa shape index (κ2) is 10.2. The quantitative estimate of drug-likeness (QED) is 0.242. The van der Waals surface area contributed by atoms with Crippen LogP contribution in [0.2, 0.25) is 0 Å². The lowest BCUT2D eigenvalue weighted by atomic mass is 9.95. The van der Waals surface area contributed by atoms with Crippen molar-refractivity contribution in [3.8, 4) is 35.4 Å². The second-order valence-electron chi connectivity index (χ2n) is 12.5. The van der Waals surface area contributed by atoms with Gasteiger partial charge in [-0.25, -0.2) is 13.8 Å². The van der Waals surface area contributed by atoms with Crippen molar-refractivity contribution < 1.29 is 27.4 Å². The number of piperazine rings is 1. The number of aromatic nitrogens is 3. The number of alkyl halides is 2. The van der Waals surface area contributed by atoms with Crippen LogP contribution in [0.3, 0.4) is 0 Å². The Kier molecular flexibility index (Phi) is 6.38. The van der Waals surface area contributed by atoms with Gasteiger partial charge in [-0.3, -0.25) is 4.90 Å². The molecule has 3 saturated heterocycles. The van der Waals surface area contributed by atoms with Crippen LogP contribution < -0.4 is 15.0 Å². The lowest BCUT2D eigenvalue weighted by Crippen LogP contribution is -2.52. The predicted octanol–water partition coefficient (Wildman–Crippen LogP) is 5.09.